The van der Waals surface area contributed by atoms with Crippen LogP contribution < -0.4 is 26.0 Å². The van der Waals surface area contributed by atoms with Crippen molar-refractivity contribution in [3.05, 3.63) is 34.4 Å². The molecule has 0 radical (unpaired) electrons. The molecule has 0 bridgehead atoms. The van der Waals surface area contributed by atoms with Gasteiger partial charge in [0.25, 0.3) is 5.69 Å². The summed E-state index contributed by atoms with van der Waals surface area (Å²) in [6, 6.07) is 4.90. The molecule has 3 heterocycles. The normalized spacial score (nSPS) is 16.4. The second-order valence-corrected chi connectivity index (χ2v) is 6.97. The van der Waals surface area contributed by atoms with Crippen LogP contribution in [0.3, 0.4) is 0 Å². The predicted octanol–water partition coefficient (Wildman–Crippen LogP) is 0.602. The highest BCUT2D eigenvalue weighted by atomic mass is 16.6. The summed E-state index contributed by atoms with van der Waals surface area (Å²) in [5.41, 5.74) is 5.51. The molecular weight excluding hydrogens is 422 g/mol. The highest BCUT2D eigenvalue weighted by Gasteiger charge is 2.21. The number of non-ortho nitro benzene ring substituents is 1. The van der Waals surface area contributed by atoms with Crippen LogP contribution in [0.25, 0.3) is 0 Å². The summed E-state index contributed by atoms with van der Waals surface area (Å²) in [4.78, 5) is 39.9. The van der Waals surface area contributed by atoms with Crippen molar-refractivity contribution in [2.24, 2.45) is 0 Å². The van der Waals surface area contributed by atoms with E-state index in [2.05, 4.69) is 31.1 Å². The number of amides is 2. The van der Waals surface area contributed by atoms with Crippen LogP contribution in [0.1, 0.15) is 0 Å². The highest BCUT2D eigenvalue weighted by molar-refractivity contribution is 5.89. The Bertz CT molecular complexity index is 910. The zero-order valence-corrected chi connectivity index (χ0v) is 17.2. The first kappa shape index (κ1) is 21.5. The number of hydrogen-bond acceptors (Lipinski definition) is 11. The smallest absolute Gasteiger partial charge is 0.337 e. The van der Waals surface area contributed by atoms with Crippen LogP contribution in [0.2, 0.25) is 0 Å². The fourth-order valence-corrected chi connectivity index (χ4v) is 3.16. The number of anilines is 4. The van der Waals surface area contributed by atoms with Crippen molar-refractivity contribution in [3.8, 4) is 0 Å². The Morgan fingerprint density at radius 3 is 1.94 bits per heavy atom. The summed E-state index contributed by atoms with van der Waals surface area (Å²) in [7, 11) is 0. The minimum Gasteiger partial charge on any atom is -0.378 e. The predicted molar refractivity (Wildman–Crippen MR) is 115 cm³/mol. The van der Waals surface area contributed by atoms with Gasteiger partial charge in [0, 0.05) is 44.0 Å². The summed E-state index contributed by atoms with van der Waals surface area (Å²) in [5.74, 6) is 1.16. The molecule has 3 N–H and O–H groups in total. The molecule has 0 aliphatic carbocycles. The average Bonchev–Trinajstić information content (AvgIpc) is 2.84. The van der Waals surface area contributed by atoms with Crippen LogP contribution in [0.4, 0.5) is 34.0 Å². The third-order valence-electron chi connectivity index (χ3n) is 4.82. The maximum atomic E-state index is 12.2. The van der Waals surface area contributed by atoms with Gasteiger partial charge < -0.3 is 24.6 Å². The SMILES string of the molecule is O=C(NNc1nc(N2CCOCC2)nc(N2CCOCC2)n1)Nc1ccc([N+](=O)[O-])cc1. The van der Waals surface area contributed by atoms with E-state index in [0.29, 0.717) is 70.2 Å². The van der Waals surface area contributed by atoms with Crippen LogP contribution in [0, 0.1) is 10.1 Å². The first-order valence-corrected chi connectivity index (χ1v) is 10.1. The van der Waals surface area contributed by atoms with Gasteiger partial charge in [-0.2, -0.15) is 15.0 Å². The molecule has 0 unspecified atom stereocenters. The van der Waals surface area contributed by atoms with Gasteiger partial charge in [0.05, 0.1) is 31.4 Å². The van der Waals surface area contributed by atoms with E-state index in [1.54, 1.807) is 0 Å². The minimum atomic E-state index is -0.583. The van der Waals surface area contributed by atoms with E-state index in [1.165, 1.54) is 24.3 Å². The summed E-state index contributed by atoms with van der Waals surface area (Å²) in [6.07, 6.45) is 0. The van der Waals surface area contributed by atoms with Crippen molar-refractivity contribution in [2.75, 3.05) is 73.1 Å². The van der Waals surface area contributed by atoms with Crippen molar-refractivity contribution >= 4 is 35.3 Å². The molecule has 14 heteroatoms. The first-order valence-electron chi connectivity index (χ1n) is 10.1. The van der Waals surface area contributed by atoms with Gasteiger partial charge in [-0.05, 0) is 12.1 Å². The number of carbonyl (C=O) groups is 1. The van der Waals surface area contributed by atoms with E-state index < -0.39 is 11.0 Å². The third kappa shape index (κ3) is 5.47. The minimum absolute atomic E-state index is 0.0643. The number of nitrogens with one attached hydrogen (secondary N) is 3. The fourth-order valence-electron chi connectivity index (χ4n) is 3.16. The number of aromatic nitrogens is 3. The molecule has 4 rings (SSSR count). The molecule has 0 spiro atoms. The molecule has 170 valence electrons. The molecule has 0 atom stereocenters. The van der Waals surface area contributed by atoms with E-state index in [1.807, 2.05) is 9.80 Å². The molecule has 1 aromatic heterocycles. The molecule has 1 aromatic carbocycles. The van der Waals surface area contributed by atoms with Crippen LogP contribution in [0.5, 0.6) is 0 Å². The van der Waals surface area contributed by atoms with Gasteiger partial charge in [-0.1, -0.05) is 0 Å². The van der Waals surface area contributed by atoms with Crippen LogP contribution in [-0.2, 0) is 9.47 Å². The zero-order chi connectivity index (χ0) is 22.3. The maximum Gasteiger partial charge on any atom is 0.337 e. The van der Waals surface area contributed by atoms with Gasteiger partial charge in [0.1, 0.15) is 0 Å². The van der Waals surface area contributed by atoms with Crippen molar-refractivity contribution in [3.63, 3.8) is 0 Å². The summed E-state index contributed by atoms with van der Waals surface area (Å²) in [6.45, 7) is 4.93. The van der Waals surface area contributed by atoms with Crippen molar-refractivity contribution in [1.29, 1.82) is 0 Å². The number of hydrogen-bond donors (Lipinski definition) is 3. The number of benzene rings is 1. The largest absolute Gasteiger partial charge is 0.378 e. The van der Waals surface area contributed by atoms with Crippen LogP contribution in [-0.4, -0.2) is 78.5 Å². The third-order valence-corrected chi connectivity index (χ3v) is 4.82. The van der Waals surface area contributed by atoms with E-state index in [0.717, 1.165) is 0 Å². The first-order chi connectivity index (χ1) is 15.6. The molecular formula is C18H23N9O5. The maximum absolute atomic E-state index is 12.2. The Morgan fingerprint density at radius 1 is 0.906 bits per heavy atom. The molecule has 14 nitrogen and oxygen atoms in total. The average molecular weight is 445 g/mol. The monoisotopic (exact) mass is 445 g/mol. The molecule has 2 fully saturated rings. The summed E-state index contributed by atoms with van der Waals surface area (Å²) < 4.78 is 10.8. The molecule has 2 aliphatic heterocycles. The van der Waals surface area contributed by atoms with E-state index >= 15 is 0 Å². The highest BCUT2D eigenvalue weighted by Crippen LogP contribution is 2.19. The second kappa shape index (κ2) is 10.0. The molecule has 2 saturated heterocycles. The number of nitro benzene ring substituents is 1. The number of rotatable bonds is 6. The molecule has 2 aromatic rings. The standard InChI is InChI=1S/C18H23N9O5/c28-18(19-13-1-3-14(4-2-13)27(29)30)24-23-15-20-16(25-5-9-31-10-6-25)22-17(21-15)26-7-11-32-12-8-26/h1-4H,5-12H2,(H2,19,24,28)(H,20,21,22,23). The van der Waals surface area contributed by atoms with E-state index in [4.69, 9.17) is 9.47 Å². The number of nitro groups is 1. The van der Waals surface area contributed by atoms with Gasteiger partial charge in [-0.3, -0.25) is 15.5 Å². The quantitative estimate of drug-likeness (QED) is 0.422. The fraction of sp³-hybridized carbons (Fsp3) is 0.444. The lowest BCUT2D eigenvalue weighted by Crippen LogP contribution is -2.40. The molecule has 32 heavy (non-hydrogen) atoms. The van der Waals surface area contributed by atoms with Gasteiger partial charge in [-0.15, -0.1) is 0 Å². The lowest BCUT2D eigenvalue weighted by molar-refractivity contribution is -0.384. The van der Waals surface area contributed by atoms with Crippen molar-refractivity contribution < 1.29 is 19.2 Å². The van der Waals surface area contributed by atoms with Crippen molar-refractivity contribution in [2.45, 2.75) is 0 Å². The van der Waals surface area contributed by atoms with Crippen molar-refractivity contribution in [1.82, 2.24) is 20.4 Å². The van der Waals surface area contributed by atoms with Crippen LogP contribution in [0.15, 0.2) is 24.3 Å². The van der Waals surface area contributed by atoms with Gasteiger partial charge >= 0.3 is 6.03 Å². The Balaban J connectivity index is 1.43. The summed E-state index contributed by atoms with van der Waals surface area (Å²) >= 11 is 0. The van der Waals surface area contributed by atoms with Gasteiger partial charge in [0.15, 0.2) is 0 Å². The lowest BCUT2D eigenvalue weighted by atomic mass is 10.3. The van der Waals surface area contributed by atoms with E-state index in [9.17, 15) is 14.9 Å². The van der Waals surface area contributed by atoms with Crippen LogP contribution >= 0.6 is 0 Å². The molecule has 2 aliphatic rings. The Kier molecular flexibility index (Phi) is 6.72. The topological polar surface area (TPSA) is 160 Å². The Morgan fingerprint density at radius 2 is 1.44 bits per heavy atom. The molecule has 0 saturated carbocycles. The lowest BCUT2D eigenvalue weighted by Gasteiger charge is -2.30. The van der Waals surface area contributed by atoms with E-state index in [-0.39, 0.29) is 11.6 Å². The Labute approximate surface area is 183 Å². The summed E-state index contributed by atoms with van der Waals surface area (Å²) in [5, 5.41) is 13.3. The van der Waals surface area contributed by atoms with Gasteiger partial charge in [0.2, 0.25) is 17.8 Å². The number of nitrogens with zero attached hydrogens (tertiary/aromatic N) is 6. The number of urea groups is 1. The molecule has 2 amide bonds. The Hall–Kier alpha value is -3.78. The second-order valence-electron chi connectivity index (χ2n) is 6.97. The number of morpholine rings is 2. The van der Waals surface area contributed by atoms with Gasteiger partial charge in [-0.25, -0.2) is 10.2 Å². The number of ether oxygens (including phenoxy) is 2. The number of carbonyl (C=O) groups excluding carboxylic acids is 1. The number of hydrazine groups is 1. The zero-order valence-electron chi connectivity index (χ0n) is 17.2.